The summed E-state index contributed by atoms with van der Waals surface area (Å²) in [5.74, 6) is 0. The summed E-state index contributed by atoms with van der Waals surface area (Å²) < 4.78 is 125. The third-order valence-corrected chi connectivity index (χ3v) is 16.8. The highest BCUT2D eigenvalue weighted by molar-refractivity contribution is 7.89. The van der Waals surface area contributed by atoms with Gasteiger partial charge in [-0.1, -0.05) is 44.9 Å². The van der Waals surface area contributed by atoms with E-state index in [9.17, 15) is 43.2 Å². The van der Waals surface area contributed by atoms with Crippen LogP contribution in [0, 0.1) is 0 Å². The van der Waals surface area contributed by atoms with Crippen LogP contribution in [0.4, 0.5) is 26.3 Å². The number of hydrogen-bond acceptors (Lipinski definition) is 6. The Balaban J connectivity index is 0.000000316. The van der Waals surface area contributed by atoms with Crippen LogP contribution in [0.3, 0.4) is 0 Å². The third-order valence-electron chi connectivity index (χ3n) is 5.36. The van der Waals surface area contributed by atoms with Gasteiger partial charge >= 0.3 is 31.3 Å². The van der Waals surface area contributed by atoms with Gasteiger partial charge in [0.15, 0.2) is 0 Å². The van der Waals surface area contributed by atoms with Crippen LogP contribution < -0.4 is 0 Å². The van der Waals surface area contributed by atoms with E-state index in [4.69, 9.17) is 0 Å². The SMILES string of the molecule is C[Si](C)(OS(=O)(=O)C(F)(F)F)C1CC1.C[Si](C)(OS(=O)(=O)C(F)(F)F)C1CCCCC1. The lowest BCUT2D eigenvalue weighted by Crippen LogP contribution is -2.43. The van der Waals surface area contributed by atoms with E-state index < -0.39 is 47.9 Å². The maximum Gasteiger partial charge on any atom is 0.522 e. The summed E-state index contributed by atoms with van der Waals surface area (Å²) in [6, 6.07) is 0. The predicted molar refractivity (Wildman–Crippen MR) is 107 cm³/mol. The Morgan fingerprint density at radius 1 is 0.613 bits per heavy atom. The summed E-state index contributed by atoms with van der Waals surface area (Å²) >= 11 is 0. The molecule has 0 aliphatic heterocycles. The first-order valence-corrected chi connectivity index (χ1v) is 18.4. The Kier molecular flexibility index (Phi) is 8.94. The number of alkyl halides is 6. The van der Waals surface area contributed by atoms with Crippen LogP contribution in [0.25, 0.3) is 0 Å². The van der Waals surface area contributed by atoms with Crippen molar-refractivity contribution in [2.45, 2.75) is 93.2 Å². The monoisotopic (exact) mass is 538 g/mol. The van der Waals surface area contributed by atoms with Crippen LogP contribution in [0.15, 0.2) is 0 Å². The van der Waals surface area contributed by atoms with E-state index in [0.29, 0.717) is 0 Å². The normalized spacial score (nSPS) is 20.2. The molecule has 0 radical (unpaired) electrons. The molecule has 6 nitrogen and oxygen atoms in total. The van der Waals surface area contributed by atoms with Crippen LogP contribution in [0.1, 0.15) is 44.9 Å². The van der Waals surface area contributed by atoms with Gasteiger partial charge < -0.3 is 7.74 Å². The molecule has 186 valence electrons. The molecular formula is C15H28F6O6S2Si2. The van der Waals surface area contributed by atoms with Crippen molar-refractivity contribution in [2.75, 3.05) is 0 Å². The van der Waals surface area contributed by atoms with Crippen LogP contribution in [0.5, 0.6) is 0 Å². The molecule has 16 heteroatoms. The standard InChI is InChI=1S/C9H17F3O3SSi.C6H11F3O3SSi/c1-17(2,8-6-4-3-5-7-8)15-16(13,14)9(10,11)12;1-14(2,5-3-4-5)12-13(10,11)6(7,8)9/h8H,3-7H2,1-2H3;5H,3-4H2,1-2H3. The highest BCUT2D eigenvalue weighted by atomic mass is 32.2. The summed E-state index contributed by atoms with van der Waals surface area (Å²) in [5, 5.41) is 0. The fraction of sp³-hybridized carbons (Fsp3) is 1.00. The second kappa shape index (κ2) is 9.60. The lowest BCUT2D eigenvalue weighted by Gasteiger charge is -2.33. The average Bonchev–Trinajstić information content (AvgIpc) is 3.37. The zero-order valence-corrected chi connectivity index (χ0v) is 21.3. The van der Waals surface area contributed by atoms with Crippen molar-refractivity contribution in [2.24, 2.45) is 0 Å². The Hall–Kier alpha value is -0.166. The Morgan fingerprint density at radius 3 is 1.16 bits per heavy atom. The van der Waals surface area contributed by atoms with E-state index in [1.165, 1.54) is 13.1 Å². The molecule has 0 saturated heterocycles. The highest BCUT2D eigenvalue weighted by Gasteiger charge is 2.54. The molecule has 31 heavy (non-hydrogen) atoms. The summed E-state index contributed by atoms with van der Waals surface area (Å²) in [6.45, 7) is 6.08. The molecule has 2 aliphatic rings. The molecule has 0 aromatic heterocycles. The van der Waals surface area contributed by atoms with E-state index in [-0.39, 0.29) is 11.1 Å². The zero-order valence-electron chi connectivity index (χ0n) is 17.6. The van der Waals surface area contributed by atoms with E-state index in [1.54, 1.807) is 13.1 Å². The van der Waals surface area contributed by atoms with Crippen molar-refractivity contribution < 1.29 is 50.9 Å². The molecule has 0 atom stereocenters. The Morgan fingerprint density at radius 2 is 0.903 bits per heavy atom. The van der Waals surface area contributed by atoms with Crippen molar-refractivity contribution in [1.29, 1.82) is 0 Å². The molecule has 2 saturated carbocycles. The fourth-order valence-electron chi connectivity index (χ4n) is 3.37. The van der Waals surface area contributed by atoms with Gasteiger partial charge in [0.1, 0.15) is 0 Å². The largest absolute Gasteiger partial charge is 0.522 e. The van der Waals surface area contributed by atoms with E-state index in [1.807, 2.05) is 0 Å². The van der Waals surface area contributed by atoms with Gasteiger partial charge in [-0.2, -0.15) is 43.2 Å². The first-order chi connectivity index (χ1) is 13.6. The van der Waals surface area contributed by atoms with Gasteiger partial charge in [-0.15, -0.1) is 0 Å². The number of hydrogen-bond donors (Lipinski definition) is 0. The highest BCUT2D eigenvalue weighted by Crippen LogP contribution is 2.47. The molecule has 2 aliphatic carbocycles. The van der Waals surface area contributed by atoms with Gasteiger partial charge in [0.05, 0.1) is 0 Å². The molecular weight excluding hydrogens is 510 g/mol. The average molecular weight is 539 g/mol. The molecule has 2 rings (SSSR count). The maximum atomic E-state index is 12.2. The van der Waals surface area contributed by atoms with Crippen molar-refractivity contribution in [3.05, 3.63) is 0 Å². The number of rotatable bonds is 6. The van der Waals surface area contributed by atoms with E-state index in [0.717, 1.165) is 44.9 Å². The van der Waals surface area contributed by atoms with E-state index >= 15 is 0 Å². The molecule has 0 amide bonds. The minimum Gasteiger partial charge on any atom is -0.308 e. The van der Waals surface area contributed by atoms with E-state index in [2.05, 4.69) is 7.74 Å². The second-order valence-electron chi connectivity index (χ2n) is 8.78. The maximum absolute atomic E-state index is 12.2. The first kappa shape index (κ1) is 28.9. The van der Waals surface area contributed by atoms with Gasteiger partial charge in [0.25, 0.3) is 0 Å². The van der Waals surface area contributed by atoms with Crippen LogP contribution in [-0.2, 0) is 28.0 Å². The molecule has 0 aromatic rings. The quantitative estimate of drug-likeness (QED) is 0.248. The summed E-state index contributed by atoms with van der Waals surface area (Å²) in [6.07, 6.45) is 6.03. The van der Waals surface area contributed by atoms with Crippen molar-refractivity contribution in [3.63, 3.8) is 0 Å². The Labute approximate surface area is 181 Å². The minimum absolute atomic E-state index is 0.00613. The summed E-state index contributed by atoms with van der Waals surface area (Å²) in [7, 11) is -16.4. The zero-order chi connectivity index (χ0) is 24.5. The summed E-state index contributed by atoms with van der Waals surface area (Å²) in [5.41, 5.74) is -10.6. The van der Waals surface area contributed by atoms with Crippen LogP contribution in [0.2, 0.25) is 37.3 Å². The van der Waals surface area contributed by atoms with Crippen molar-refractivity contribution in [1.82, 2.24) is 0 Å². The topological polar surface area (TPSA) is 86.7 Å². The fourth-order valence-corrected chi connectivity index (χ4v) is 13.1. The lowest BCUT2D eigenvalue weighted by molar-refractivity contribution is -0.0508. The molecule has 2 fully saturated rings. The minimum atomic E-state index is -5.44. The smallest absolute Gasteiger partial charge is 0.308 e. The molecule has 0 aromatic carbocycles. The first-order valence-electron chi connectivity index (χ1n) is 9.66. The number of halogens is 6. The van der Waals surface area contributed by atoms with Gasteiger partial charge in [0.2, 0.25) is 16.6 Å². The van der Waals surface area contributed by atoms with Gasteiger partial charge in [-0.05, 0) is 37.3 Å². The van der Waals surface area contributed by atoms with Crippen LogP contribution >= 0.6 is 0 Å². The van der Waals surface area contributed by atoms with Gasteiger partial charge in [-0.3, -0.25) is 0 Å². The molecule has 0 unspecified atom stereocenters. The molecule has 0 heterocycles. The second-order valence-corrected chi connectivity index (χ2v) is 20.9. The van der Waals surface area contributed by atoms with Gasteiger partial charge in [0, 0.05) is 0 Å². The van der Waals surface area contributed by atoms with Crippen LogP contribution in [-0.4, -0.2) is 44.5 Å². The third kappa shape index (κ3) is 8.28. The predicted octanol–water partition coefficient (Wildman–Crippen LogP) is 5.61. The summed E-state index contributed by atoms with van der Waals surface area (Å²) in [4.78, 5) is 0. The molecule has 0 bridgehead atoms. The lowest BCUT2D eigenvalue weighted by atomic mass is 10.0. The Bertz CT molecular complexity index is 814. The molecule has 0 N–H and O–H groups in total. The van der Waals surface area contributed by atoms with Crippen molar-refractivity contribution >= 4 is 36.9 Å². The van der Waals surface area contributed by atoms with Crippen molar-refractivity contribution in [3.8, 4) is 0 Å². The van der Waals surface area contributed by atoms with Gasteiger partial charge in [-0.25, -0.2) is 0 Å². The molecule has 0 spiro atoms.